The number of piperidine rings is 1. The second kappa shape index (κ2) is 7.58. The van der Waals surface area contributed by atoms with Crippen LogP contribution < -0.4 is 5.73 Å². The Labute approximate surface area is 160 Å². The van der Waals surface area contributed by atoms with Crippen molar-refractivity contribution in [2.75, 3.05) is 31.1 Å². The molecule has 146 valence electrons. The summed E-state index contributed by atoms with van der Waals surface area (Å²) in [5.41, 5.74) is 6.18. The van der Waals surface area contributed by atoms with Gasteiger partial charge in [-0.05, 0) is 29.7 Å². The average Bonchev–Trinajstić information content (AvgIpc) is 3.17. The van der Waals surface area contributed by atoms with Gasteiger partial charge in [-0.15, -0.1) is 11.3 Å². The molecule has 0 aliphatic carbocycles. The minimum atomic E-state index is -3.03. The number of hydrogen-bond acceptors (Lipinski definition) is 6. The topological polar surface area (TPSA) is 83.7 Å². The van der Waals surface area contributed by atoms with Gasteiger partial charge in [-0.25, -0.2) is 8.42 Å². The Bertz CT molecular complexity index is 731. The van der Waals surface area contributed by atoms with Crippen LogP contribution in [0.3, 0.4) is 0 Å². The average molecular weight is 400 g/mol. The lowest BCUT2D eigenvalue weighted by Gasteiger charge is -2.43. The number of amides is 1. The Morgan fingerprint density at radius 2 is 2.19 bits per heavy atom. The summed E-state index contributed by atoms with van der Waals surface area (Å²) < 4.78 is 23.8. The van der Waals surface area contributed by atoms with E-state index in [9.17, 15) is 13.2 Å². The highest BCUT2D eigenvalue weighted by molar-refractivity contribution is 7.91. The molecule has 2 saturated heterocycles. The first kappa shape index (κ1) is 19.8. The molecule has 26 heavy (non-hydrogen) atoms. The van der Waals surface area contributed by atoms with Gasteiger partial charge in [0.2, 0.25) is 5.91 Å². The molecular weight excluding hydrogens is 370 g/mol. The first-order valence-electron chi connectivity index (χ1n) is 9.16. The molecule has 2 N–H and O–H groups in total. The van der Waals surface area contributed by atoms with Gasteiger partial charge in [-0.1, -0.05) is 19.9 Å². The second-order valence-electron chi connectivity index (χ2n) is 8.25. The number of nitrogens with zero attached hydrogens (tertiary/aromatic N) is 2. The first-order chi connectivity index (χ1) is 12.2. The highest BCUT2D eigenvalue weighted by atomic mass is 32.2. The number of nitrogens with two attached hydrogens (primary N) is 1. The van der Waals surface area contributed by atoms with Crippen LogP contribution in [0.2, 0.25) is 0 Å². The fourth-order valence-corrected chi connectivity index (χ4v) is 6.35. The molecule has 1 aromatic rings. The van der Waals surface area contributed by atoms with Crippen molar-refractivity contribution in [2.24, 2.45) is 11.1 Å². The fourth-order valence-electron chi connectivity index (χ4n) is 3.91. The van der Waals surface area contributed by atoms with Crippen LogP contribution in [0.15, 0.2) is 17.5 Å². The van der Waals surface area contributed by atoms with Gasteiger partial charge in [-0.2, -0.15) is 0 Å². The Morgan fingerprint density at radius 3 is 2.77 bits per heavy atom. The van der Waals surface area contributed by atoms with Crippen LogP contribution in [0, 0.1) is 5.41 Å². The van der Waals surface area contributed by atoms with Crippen molar-refractivity contribution in [3.63, 3.8) is 0 Å². The van der Waals surface area contributed by atoms with Gasteiger partial charge in [0.05, 0.1) is 24.6 Å². The zero-order chi connectivity index (χ0) is 18.9. The van der Waals surface area contributed by atoms with Crippen LogP contribution in [0.1, 0.15) is 31.6 Å². The van der Waals surface area contributed by atoms with Crippen LogP contribution in [0.5, 0.6) is 0 Å². The van der Waals surface area contributed by atoms with Crippen molar-refractivity contribution in [2.45, 2.75) is 45.3 Å². The summed E-state index contributed by atoms with van der Waals surface area (Å²) in [7, 11) is -3.03. The monoisotopic (exact) mass is 399 g/mol. The quantitative estimate of drug-likeness (QED) is 0.807. The number of carbonyl (C=O) groups excluding carboxylic acids is 1. The zero-order valence-electron chi connectivity index (χ0n) is 15.6. The van der Waals surface area contributed by atoms with Gasteiger partial charge in [-0.3, -0.25) is 9.69 Å². The molecule has 8 heteroatoms. The van der Waals surface area contributed by atoms with E-state index in [1.807, 2.05) is 17.5 Å². The SMILES string of the molecule is CC1(C)CN(CC(=O)N(Cc2cccs2)C2CCS(=O)(=O)C2)CCC1N. The van der Waals surface area contributed by atoms with Crippen LogP contribution in [-0.2, 0) is 21.2 Å². The molecule has 0 bridgehead atoms. The molecule has 2 unspecified atom stereocenters. The molecule has 1 amide bonds. The number of rotatable bonds is 5. The van der Waals surface area contributed by atoms with Gasteiger partial charge in [0, 0.05) is 30.1 Å². The second-order valence-corrected chi connectivity index (χ2v) is 11.5. The molecule has 0 radical (unpaired) electrons. The van der Waals surface area contributed by atoms with E-state index in [2.05, 4.69) is 18.7 Å². The lowest BCUT2D eigenvalue weighted by Crippen LogP contribution is -2.55. The van der Waals surface area contributed by atoms with Gasteiger partial charge < -0.3 is 10.6 Å². The maximum atomic E-state index is 13.1. The predicted octanol–water partition coefficient (Wildman–Crippen LogP) is 1.32. The Kier molecular flexibility index (Phi) is 5.77. The van der Waals surface area contributed by atoms with Gasteiger partial charge >= 0.3 is 0 Å². The highest BCUT2D eigenvalue weighted by Gasteiger charge is 2.37. The summed E-state index contributed by atoms with van der Waals surface area (Å²) in [6, 6.07) is 3.89. The Morgan fingerprint density at radius 1 is 1.42 bits per heavy atom. The molecule has 2 aliphatic heterocycles. The lowest BCUT2D eigenvalue weighted by atomic mass is 9.80. The van der Waals surface area contributed by atoms with E-state index in [1.54, 1.807) is 16.2 Å². The fraction of sp³-hybridized carbons (Fsp3) is 0.722. The molecule has 1 aromatic heterocycles. The Hall–Kier alpha value is -0.960. The molecule has 3 rings (SSSR count). The number of hydrogen-bond donors (Lipinski definition) is 1. The third kappa shape index (κ3) is 4.65. The molecule has 0 saturated carbocycles. The van der Waals surface area contributed by atoms with Crippen molar-refractivity contribution >= 4 is 27.1 Å². The molecular formula is C18H29N3O3S2. The summed E-state index contributed by atoms with van der Waals surface area (Å²) in [5, 5.41) is 1.98. The molecule has 0 spiro atoms. The third-order valence-corrected chi connectivity index (χ3v) is 8.24. The van der Waals surface area contributed by atoms with E-state index in [0.717, 1.165) is 24.4 Å². The summed E-state index contributed by atoms with van der Waals surface area (Å²) in [6.07, 6.45) is 1.42. The molecule has 0 aromatic carbocycles. The van der Waals surface area contributed by atoms with E-state index >= 15 is 0 Å². The van der Waals surface area contributed by atoms with E-state index < -0.39 is 9.84 Å². The van der Waals surface area contributed by atoms with E-state index in [1.165, 1.54) is 0 Å². The lowest BCUT2D eigenvalue weighted by molar-refractivity contribution is -0.135. The number of carbonyl (C=O) groups is 1. The molecule has 2 atom stereocenters. The van der Waals surface area contributed by atoms with Crippen LogP contribution >= 0.6 is 11.3 Å². The number of sulfone groups is 1. The summed E-state index contributed by atoms with van der Waals surface area (Å²) >= 11 is 1.60. The maximum absolute atomic E-state index is 13.1. The van der Waals surface area contributed by atoms with Gasteiger partial charge in [0.1, 0.15) is 0 Å². The van der Waals surface area contributed by atoms with Crippen molar-refractivity contribution in [1.29, 1.82) is 0 Å². The van der Waals surface area contributed by atoms with E-state index in [0.29, 0.717) is 19.5 Å². The Balaban J connectivity index is 1.70. The minimum absolute atomic E-state index is 0.0200. The van der Waals surface area contributed by atoms with Crippen LogP contribution in [0.25, 0.3) is 0 Å². The largest absolute Gasteiger partial charge is 0.332 e. The van der Waals surface area contributed by atoms with E-state index in [4.69, 9.17) is 5.73 Å². The normalized spacial score (nSPS) is 28.1. The summed E-state index contributed by atoms with van der Waals surface area (Å²) in [4.78, 5) is 18.1. The summed E-state index contributed by atoms with van der Waals surface area (Å²) in [5.74, 6) is 0.282. The summed E-state index contributed by atoms with van der Waals surface area (Å²) in [6.45, 7) is 6.70. The molecule has 6 nitrogen and oxygen atoms in total. The zero-order valence-corrected chi connectivity index (χ0v) is 17.2. The number of thiophene rings is 1. The number of likely N-dealkylation sites (tertiary alicyclic amines) is 1. The highest BCUT2D eigenvalue weighted by Crippen LogP contribution is 2.28. The standard InChI is InChI=1S/C18H29N3O3S2/c1-18(2)13-20(7-5-16(18)19)11-17(22)21(10-15-4-3-8-25-15)14-6-9-26(23,24)12-14/h3-4,8,14,16H,5-7,9-13,19H2,1-2H3. The third-order valence-electron chi connectivity index (χ3n) is 5.63. The van der Waals surface area contributed by atoms with Gasteiger partial charge in [0.15, 0.2) is 9.84 Å². The van der Waals surface area contributed by atoms with E-state index in [-0.39, 0.29) is 34.9 Å². The van der Waals surface area contributed by atoms with Crippen LogP contribution in [-0.4, -0.2) is 67.3 Å². The minimum Gasteiger partial charge on any atom is -0.332 e. The maximum Gasteiger partial charge on any atom is 0.237 e. The van der Waals surface area contributed by atoms with Crippen molar-refractivity contribution in [3.05, 3.63) is 22.4 Å². The molecule has 3 heterocycles. The molecule has 2 fully saturated rings. The van der Waals surface area contributed by atoms with Crippen molar-refractivity contribution in [3.8, 4) is 0 Å². The predicted molar refractivity (Wildman–Crippen MR) is 105 cm³/mol. The molecule has 2 aliphatic rings. The van der Waals surface area contributed by atoms with Crippen molar-refractivity contribution < 1.29 is 13.2 Å². The first-order valence-corrected chi connectivity index (χ1v) is 11.9. The van der Waals surface area contributed by atoms with Gasteiger partial charge in [0.25, 0.3) is 0 Å². The smallest absolute Gasteiger partial charge is 0.237 e. The van der Waals surface area contributed by atoms with Crippen molar-refractivity contribution in [1.82, 2.24) is 9.80 Å². The van der Waals surface area contributed by atoms with Crippen LogP contribution in [0.4, 0.5) is 0 Å².